The van der Waals surface area contributed by atoms with Crippen LogP contribution in [-0.4, -0.2) is 7.11 Å². The fourth-order valence-electron chi connectivity index (χ4n) is 0.593. The zero-order valence-corrected chi connectivity index (χ0v) is 6.07. The van der Waals surface area contributed by atoms with E-state index in [-0.39, 0.29) is 10.8 Å². The maximum absolute atomic E-state index is 12.7. The Morgan fingerprint density at radius 3 is 2.90 bits per heavy atom. The van der Waals surface area contributed by atoms with Gasteiger partial charge in [0.05, 0.1) is 12.1 Å². The first-order chi connectivity index (χ1) is 4.75. The highest BCUT2D eigenvalue weighted by atomic mass is 35.5. The summed E-state index contributed by atoms with van der Waals surface area (Å²) in [5, 5.41) is -0.0423. The van der Waals surface area contributed by atoms with Crippen molar-refractivity contribution in [1.29, 1.82) is 0 Å². The topological polar surface area (TPSA) is 9.23 Å². The van der Waals surface area contributed by atoms with Gasteiger partial charge in [-0.1, -0.05) is 11.6 Å². The molecule has 10 heavy (non-hydrogen) atoms. The minimum absolute atomic E-state index is 0.0423. The summed E-state index contributed by atoms with van der Waals surface area (Å²) in [5.74, 6) is -0.421. The summed E-state index contributed by atoms with van der Waals surface area (Å²) in [5.41, 5.74) is 0. The van der Waals surface area contributed by atoms with E-state index in [0.717, 1.165) is 0 Å². The fourth-order valence-corrected chi connectivity index (χ4v) is 0.749. The molecule has 0 aliphatic rings. The molecule has 1 aromatic carbocycles. The number of benzene rings is 1. The Morgan fingerprint density at radius 2 is 2.40 bits per heavy atom. The molecular formula is C7H5ClFO. The maximum atomic E-state index is 12.7. The first kappa shape index (κ1) is 7.35. The molecular weight excluding hydrogens is 155 g/mol. The van der Waals surface area contributed by atoms with Crippen LogP contribution < -0.4 is 4.74 Å². The van der Waals surface area contributed by atoms with Gasteiger partial charge in [-0.15, -0.1) is 0 Å². The molecule has 3 heteroatoms. The van der Waals surface area contributed by atoms with Gasteiger partial charge in [0.15, 0.2) is 11.6 Å². The van der Waals surface area contributed by atoms with E-state index < -0.39 is 5.82 Å². The Kier molecular flexibility index (Phi) is 2.12. The molecule has 0 N–H and O–H groups in total. The largest absolute Gasteiger partial charge is 0.494 e. The third-order valence-electron chi connectivity index (χ3n) is 1.07. The van der Waals surface area contributed by atoms with Crippen LogP contribution in [0.1, 0.15) is 0 Å². The Morgan fingerprint density at radius 1 is 1.70 bits per heavy atom. The summed E-state index contributed by atoms with van der Waals surface area (Å²) in [4.78, 5) is 0. The number of hydrogen-bond acceptors (Lipinski definition) is 1. The monoisotopic (exact) mass is 159 g/mol. The first-order valence-corrected chi connectivity index (χ1v) is 3.03. The van der Waals surface area contributed by atoms with Crippen LogP contribution in [-0.2, 0) is 0 Å². The van der Waals surface area contributed by atoms with Crippen molar-refractivity contribution in [1.82, 2.24) is 0 Å². The zero-order chi connectivity index (χ0) is 7.56. The van der Waals surface area contributed by atoms with Gasteiger partial charge in [-0.05, 0) is 12.1 Å². The molecule has 0 heterocycles. The molecule has 0 aromatic heterocycles. The van der Waals surface area contributed by atoms with Crippen LogP contribution in [0.4, 0.5) is 4.39 Å². The SMILES string of the molecule is COc1cc[c]c(Cl)c1F. The lowest BCUT2D eigenvalue weighted by Crippen LogP contribution is -1.87. The lowest BCUT2D eigenvalue weighted by Gasteiger charge is -2.00. The predicted octanol–water partition coefficient (Wildman–Crippen LogP) is 2.29. The normalized spacial score (nSPS) is 9.50. The zero-order valence-electron chi connectivity index (χ0n) is 5.32. The molecule has 0 amide bonds. The molecule has 0 saturated heterocycles. The summed E-state index contributed by atoms with van der Waals surface area (Å²) >= 11 is 5.38. The summed E-state index contributed by atoms with van der Waals surface area (Å²) in [7, 11) is 1.38. The van der Waals surface area contributed by atoms with E-state index >= 15 is 0 Å². The molecule has 53 valence electrons. The highest BCUT2D eigenvalue weighted by Crippen LogP contribution is 2.22. The molecule has 1 rings (SSSR count). The lowest BCUT2D eigenvalue weighted by molar-refractivity contribution is 0.386. The first-order valence-electron chi connectivity index (χ1n) is 2.65. The molecule has 0 atom stereocenters. The Bertz CT molecular complexity index is 237. The third kappa shape index (κ3) is 1.21. The molecule has 0 unspecified atom stereocenters. The van der Waals surface area contributed by atoms with E-state index in [1.54, 1.807) is 0 Å². The van der Waals surface area contributed by atoms with Crippen molar-refractivity contribution in [3.05, 3.63) is 29.0 Å². The highest BCUT2D eigenvalue weighted by Gasteiger charge is 2.04. The van der Waals surface area contributed by atoms with Crippen molar-refractivity contribution in [2.24, 2.45) is 0 Å². The Balaban J connectivity index is 3.14. The van der Waals surface area contributed by atoms with Gasteiger partial charge in [-0.2, -0.15) is 0 Å². The van der Waals surface area contributed by atoms with Crippen LogP contribution in [0.2, 0.25) is 5.02 Å². The second-order valence-electron chi connectivity index (χ2n) is 1.67. The third-order valence-corrected chi connectivity index (χ3v) is 1.35. The smallest absolute Gasteiger partial charge is 0.184 e. The minimum Gasteiger partial charge on any atom is -0.494 e. The van der Waals surface area contributed by atoms with E-state index in [9.17, 15) is 4.39 Å². The second-order valence-corrected chi connectivity index (χ2v) is 2.05. The number of ether oxygens (including phenoxy) is 1. The lowest BCUT2D eigenvalue weighted by atomic mass is 10.3. The van der Waals surface area contributed by atoms with Gasteiger partial charge in [0.2, 0.25) is 0 Å². The molecule has 1 aromatic rings. The average Bonchev–Trinajstić information content (AvgIpc) is 1.95. The van der Waals surface area contributed by atoms with Gasteiger partial charge in [-0.25, -0.2) is 4.39 Å². The van der Waals surface area contributed by atoms with Gasteiger partial charge in [0.1, 0.15) is 0 Å². The Hall–Kier alpha value is -0.760. The van der Waals surface area contributed by atoms with E-state index in [1.807, 2.05) is 0 Å². The number of methoxy groups -OCH3 is 1. The summed E-state index contributed by atoms with van der Waals surface area (Å²) in [6.07, 6.45) is 0. The van der Waals surface area contributed by atoms with Crippen molar-refractivity contribution in [2.75, 3.05) is 7.11 Å². The molecule has 0 aliphatic carbocycles. The van der Waals surface area contributed by atoms with Gasteiger partial charge >= 0.3 is 0 Å². The van der Waals surface area contributed by atoms with Gasteiger partial charge in [0, 0.05) is 6.07 Å². The summed E-state index contributed by atoms with van der Waals surface area (Å²) in [6.45, 7) is 0. The average molecular weight is 160 g/mol. The van der Waals surface area contributed by atoms with Crippen molar-refractivity contribution >= 4 is 11.6 Å². The second kappa shape index (κ2) is 2.88. The number of halogens is 2. The van der Waals surface area contributed by atoms with Gasteiger partial charge in [0.25, 0.3) is 0 Å². The molecule has 1 radical (unpaired) electrons. The molecule has 0 bridgehead atoms. The van der Waals surface area contributed by atoms with Crippen molar-refractivity contribution in [3.8, 4) is 5.75 Å². The predicted molar refractivity (Wildman–Crippen MR) is 36.8 cm³/mol. The molecule has 1 nitrogen and oxygen atoms in total. The summed E-state index contributed by atoms with van der Waals surface area (Å²) < 4.78 is 17.4. The van der Waals surface area contributed by atoms with E-state index in [2.05, 4.69) is 10.8 Å². The van der Waals surface area contributed by atoms with Crippen LogP contribution in [0, 0.1) is 11.9 Å². The standard InChI is InChI=1S/C7H5ClFO/c1-10-6-4-2-3-5(8)7(6)9/h2,4H,1H3. The number of hydrogen-bond donors (Lipinski definition) is 0. The van der Waals surface area contributed by atoms with Gasteiger partial charge < -0.3 is 4.74 Å². The number of rotatable bonds is 1. The highest BCUT2D eigenvalue weighted by molar-refractivity contribution is 6.30. The molecule has 0 spiro atoms. The molecule has 0 aliphatic heterocycles. The summed E-state index contributed by atoms with van der Waals surface area (Å²) in [6, 6.07) is 5.45. The Labute approximate surface area is 63.4 Å². The van der Waals surface area contributed by atoms with E-state index in [4.69, 9.17) is 11.6 Å². The van der Waals surface area contributed by atoms with Crippen molar-refractivity contribution in [3.63, 3.8) is 0 Å². The van der Waals surface area contributed by atoms with Crippen LogP contribution >= 0.6 is 11.6 Å². The molecule has 0 fully saturated rings. The van der Waals surface area contributed by atoms with Crippen molar-refractivity contribution in [2.45, 2.75) is 0 Å². The van der Waals surface area contributed by atoms with Crippen LogP contribution in [0.3, 0.4) is 0 Å². The van der Waals surface area contributed by atoms with Crippen LogP contribution in [0.15, 0.2) is 12.1 Å². The minimum atomic E-state index is -0.563. The quantitative estimate of drug-likeness (QED) is 0.611. The maximum Gasteiger partial charge on any atom is 0.184 e. The van der Waals surface area contributed by atoms with Crippen LogP contribution in [0.25, 0.3) is 0 Å². The van der Waals surface area contributed by atoms with E-state index in [1.165, 1.54) is 19.2 Å². The van der Waals surface area contributed by atoms with Crippen molar-refractivity contribution < 1.29 is 9.13 Å². The van der Waals surface area contributed by atoms with Gasteiger partial charge in [-0.3, -0.25) is 0 Å². The molecule has 0 saturated carbocycles. The van der Waals surface area contributed by atoms with E-state index in [0.29, 0.717) is 0 Å². The fraction of sp³-hybridized carbons (Fsp3) is 0.143. The van der Waals surface area contributed by atoms with Crippen LogP contribution in [0.5, 0.6) is 5.75 Å².